The molecule has 1 aliphatic heterocycles. The number of benzene rings is 1. The van der Waals surface area contributed by atoms with E-state index in [4.69, 9.17) is 0 Å². The van der Waals surface area contributed by atoms with Gasteiger partial charge in [-0.15, -0.1) is 0 Å². The molecule has 32 heavy (non-hydrogen) atoms. The maximum atomic E-state index is 12.9. The number of carbonyl (C=O) groups excluding carboxylic acids is 2. The largest absolute Gasteiger partial charge is 0.346 e. The average molecular weight is 493 g/mol. The molecule has 1 atom stereocenters. The molecular weight excluding hydrogens is 468 g/mol. The molecule has 1 fully saturated rings. The van der Waals surface area contributed by atoms with Gasteiger partial charge in [0.05, 0.1) is 6.42 Å². The van der Waals surface area contributed by atoms with Crippen LogP contribution in [0, 0.1) is 11.8 Å². The minimum Gasteiger partial charge on any atom is -0.346 e. The molecule has 164 valence electrons. The molecule has 1 saturated carbocycles. The highest BCUT2D eigenvalue weighted by molar-refractivity contribution is 9.10. The van der Waals surface area contributed by atoms with Crippen molar-refractivity contribution in [3.63, 3.8) is 0 Å². The fourth-order valence-corrected chi connectivity index (χ4v) is 4.79. The standard InChI is InChI=1S/C25H25BrN4O2/c1-15-14-30(23(31)12-16-3-2-4-18(26)11-16)10-8-19(15)21-13-22(29-25(32)17-5-6-17)28-24-20(21)7-9-27-24/h2-4,7-9,11,13,15,17H,5-6,10,12,14H2,1H3,(H2,27,28,29,32). The molecule has 0 radical (unpaired) electrons. The zero-order valence-corrected chi connectivity index (χ0v) is 19.5. The monoisotopic (exact) mass is 492 g/mol. The van der Waals surface area contributed by atoms with Gasteiger partial charge in [0, 0.05) is 35.1 Å². The Bertz CT molecular complexity index is 1230. The normalized spacial score (nSPS) is 18.5. The average Bonchev–Trinajstić information content (AvgIpc) is 3.51. The fourth-order valence-electron chi connectivity index (χ4n) is 4.34. The van der Waals surface area contributed by atoms with Gasteiger partial charge in [0.1, 0.15) is 11.5 Å². The molecule has 0 bridgehead atoms. The van der Waals surface area contributed by atoms with Gasteiger partial charge in [-0.25, -0.2) is 4.98 Å². The smallest absolute Gasteiger partial charge is 0.228 e. The van der Waals surface area contributed by atoms with E-state index in [0.29, 0.717) is 25.3 Å². The third kappa shape index (κ3) is 4.35. The summed E-state index contributed by atoms with van der Waals surface area (Å²) in [6.07, 6.45) is 6.31. The molecule has 1 unspecified atom stereocenters. The summed E-state index contributed by atoms with van der Waals surface area (Å²) < 4.78 is 0.981. The van der Waals surface area contributed by atoms with Crippen LogP contribution in [-0.4, -0.2) is 39.8 Å². The first kappa shape index (κ1) is 20.9. The van der Waals surface area contributed by atoms with Gasteiger partial charge >= 0.3 is 0 Å². The highest BCUT2D eigenvalue weighted by Gasteiger charge is 2.30. The summed E-state index contributed by atoms with van der Waals surface area (Å²) >= 11 is 3.47. The number of aromatic nitrogens is 2. The van der Waals surface area contributed by atoms with E-state index in [-0.39, 0.29) is 23.7 Å². The number of nitrogens with one attached hydrogen (secondary N) is 2. The quantitative estimate of drug-likeness (QED) is 0.537. The van der Waals surface area contributed by atoms with Gasteiger partial charge in [0.2, 0.25) is 11.8 Å². The van der Waals surface area contributed by atoms with Crippen LogP contribution in [0.3, 0.4) is 0 Å². The number of nitrogens with zero attached hydrogens (tertiary/aromatic N) is 2. The number of halogens is 1. The fraction of sp³-hybridized carbons (Fsp3) is 0.320. The molecule has 3 aromatic rings. The van der Waals surface area contributed by atoms with Gasteiger partial charge in [-0.1, -0.05) is 41.1 Å². The zero-order chi connectivity index (χ0) is 22.2. The Hall–Kier alpha value is -2.93. The van der Waals surface area contributed by atoms with Crippen LogP contribution < -0.4 is 5.32 Å². The summed E-state index contributed by atoms with van der Waals surface area (Å²) in [6, 6.07) is 11.9. The zero-order valence-electron chi connectivity index (χ0n) is 17.9. The molecule has 3 heterocycles. The van der Waals surface area contributed by atoms with E-state index in [9.17, 15) is 9.59 Å². The van der Waals surface area contributed by atoms with E-state index in [1.165, 1.54) is 5.57 Å². The molecule has 2 aliphatic rings. The van der Waals surface area contributed by atoms with Crippen LogP contribution >= 0.6 is 15.9 Å². The third-order valence-corrected chi connectivity index (χ3v) is 6.69. The predicted molar refractivity (Wildman–Crippen MR) is 129 cm³/mol. The van der Waals surface area contributed by atoms with Crippen molar-refractivity contribution < 1.29 is 9.59 Å². The highest BCUT2D eigenvalue weighted by atomic mass is 79.9. The summed E-state index contributed by atoms with van der Waals surface area (Å²) in [7, 11) is 0. The van der Waals surface area contributed by atoms with E-state index in [1.54, 1.807) is 0 Å². The number of anilines is 1. The Labute approximate surface area is 195 Å². The number of aromatic amines is 1. The van der Waals surface area contributed by atoms with Gasteiger partial charge in [0.15, 0.2) is 0 Å². The van der Waals surface area contributed by atoms with Crippen LogP contribution in [0.15, 0.2) is 53.1 Å². The Morgan fingerprint density at radius 3 is 2.84 bits per heavy atom. The number of pyridine rings is 1. The van der Waals surface area contributed by atoms with Crippen LogP contribution in [-0.2, 0) is 16.0 Å². The lowest BCUT2D eigenvalue weighted by Crippen LogP contribution is -2.39. The van der Waals surface area contributed by atoms with Gasteiger partial charge < -0.3 is 15.2 Å². The van der Waals surface area contributed by atoms with Crippen LogP contribution in [0.5, 0.6) is 0 Å². The minimum absolute atomic E-state index is 0.0457. The van der Waals surface area contributed by atoms with Gasteiger partial charge in [-0.2, -0.15) is 0 Å². The second kappa shape index (κ2) is 8.54. The van der Waals surface area contributed by atoms with Crippen molar-refractivity contribution in [2.24, 2.45) is 11.8 Å². The third-order valence-electron chi connectivity index (χ3n) is 6.19. The van der Waals surface area contributed by atoms with Crippen molar-refractivity contribution in [2.75, 3.05) is 18.4 Å². The summed E-state index contributed by atoms with van der Waals surface area (Å²) in [4.78, 5) is 34.8. The number of hydrogen-bond acceptors (Lipinski definition) is 3. The Kier molecular flexibility index (Phi) is 5.59. The molecule has 7 heteroatoms. The first-order chi connectivity index (χ1) is 15.5. The van der Waals surface area contributed by atoms with Crippen molar-refractivity contribution in [1.29, 1.82) is 0 Å². The highest BCUT2D eigenvalue weighted by Crippen LogP contribution is 2.35. The van der Waals surface area contributed by atoms with Crippen LogP contribution in [0.4, 0.5) is 5.82 Å². The Morgan fingerprint density at radius 1 is 1.25 bits per heavy atom. The summed E-state index contributed by atoms with van der Waals surface area (Å²) in [5, 5.41) is 4.00. The van der Waals surface area contributed by atoms with E-state index in [0.717, 1.165) is 39.5 Å². The number of fused-ring (bicyclic) bond motifs is 1. The maximum Gasteiger partial charge on any atom is 0.228 e. The number of rotatable bonds is 5. The summed E-state index contributed by atoms with van der Waals surface area (Å²) in [6.45, 7) is 3.38. The van der Waals surface area contributed by atoms with Gasteiger partial charge in [-0.3, -0.25) is 9.59 Å². The van der Waals surface area contributed by atoms with E-state index in [2.05, 4.69) is 44.2 Å². The summed E-state index contributed by atoms with van der Waals surface area (Å²) in [5.41, 5.74) is 4.01. The number of amides is 2. The molecular formula is C25H25BrN4O2. The van der Waals surface area contributed by atoms with Crippen molar-refractivity contribution in [1.82, 2.24) is 14.9 Å². The van der Waals surface area contributed by atoms with Gasteiger partial charge in [-0.05, 0) is 59.7 Å². The molecule has 1 aromatic carbocycles. The SMILES string of the molecule is CC1CN(C(=O)Cc2cccc(Br)c2)CC=C1c1cc(NC(=O)C2CC2)nc2[nH]ccc12. The molecule has 2 N–H and O–H groups in total. The molecule has 0 saturated heterocycles. The van der Waals surface area contributed by atoms with Crippen LogP contribution in [0.25, 0.3) is 16.6 Å². The number of H-pyrrole nitrogens is 1. The lowest BCUT2D eigenvalue weighted by Gasteiger charge is -2.32. The minimum atomic E-state index is 0.0457. The molecule has 2 amide bonds. The molecule has 6 nitrogen and oxygen atoms in total. The van der Waals surface area contributed by atoms with E-state index in [1.807, 2.05) is 47.5 Å². The lowest BCUT2D eigenvalue weighted by molar-refractivity contribution is -0.130. The van der Waals surface area contributed by atoms with E-state index < -0.39 is 0 Å². The topological polar surface area (TPSA) is 78.1 Å². The Morgan fingerprint density at radius 2 is 2.09 bits per heavy atom. The number of hydrogen-bond donors (Lipinski definition) is 2. The predicted octanol–water partition coefficient (Wildman–Crippen LogP) is 4.78. The second-order valence-electron chi connectivity index (χ2n) is 8.72. The lowest BCUT2D eigenvalue weighted by atomic mass is 9.89. The van der Waals surface area contributed by atoms with E-state index >= 15 is 0 Å². The first-order valence-electron chi connectivity index (χ1n) is 11.0. The summed E-state index contributed by atoms with van der Waals surface area (Å²) in [5.74, 6) is 1.04. The molecule has 5 rings (SSSR count). The van der Waals surface area contributed by atoms with Crippen LogP contribution in [0.1, 0.15) is 30.9 Å². The molecule has 0 spiro atoms. The molecule has 2 aromatic heterocycles. The van der Waals surface area contributed by atoms with Crippen molar-refractivity contribution >= 4 is 50.2 Å². The number of carbonyl (C=O) groups is 2. The van der Waals surface area contributed by atoms with Crippen molar-refractivity contribution in [3.8, 4) is 0 Å². The Balaban J connectivity index is 1.38. The maximum absolute atomic E-state index is 12.9. The van der Waals surface area contributed by atoms with Gasteiger partial charge in [0.25, 0.3) is 0 Å². The van der Waals surface area contributed by atoms with Crippen molar-refractivity contribution in [2.45, 2.75) is 26.2 Å². The van der Waals surface area contributed by atoms with Crippen LogP contribution in [0.2, 0.25) is 0 Å². The molecule has 1 aliphatic carbocycles. The van der Waals surface area contributed by atoms with Crippen molar-refractivity contribution in [3.05, 3.63) is 64.3 Å². The second-order valence-corrected chi connectivity index (χ2v) is 9.64. The first-order valence-corrected chi connectivity index (χ1v) is 11.8.